The van der Waals surface area contributed by atoms with E-state index in [1.807, 2.05) is 35.4 Å². The van der Waals surface area contributed by atoms with Gasteiger partial charge in [-0.2, -0.15) is 5.06 Å². The van der Waals surface area contributed by atoms with Crippen molar-refractivity contribution in [2.75, 3.05) is 6.61 Å². The van der Waals surface area contributed by atoms with Crippen LogP contribution in [0.5, 0.6) is 0 Å². The lowest BCUT2D eigenvalue weighted by Crippen LogP contribution is -2.57. The molecule has 4 fully saturated rings. The first-order valence-corrected chi connectivity index (χ1v) is 12.7. The quantitative estimate of drug-likeness (QED) is 0.599. The van der Waals surface area contributed by atoms with Gasteiger partial charge in [0.2, 0.25) is 12.2 Å². The van der Waals surface area contributed by atoms with Crippen molar-refractivity contribution in [2.45, 2.75) is 97.2 Å². The van der Waals surface area contributed by atoms with Gasteiger partial charge >= 0.3 is 6.09 Å². The Morgan fingerprint density at radius 2 is 1.91 bits per heavy atom. The lowest BCUT2D eigenvalue weighted by atomic mass is 9.67. The van der Waals surface area contributed by atoms with Crippen LogP contribution in [0.25, 0.3) is 0 Å². The molecular formula is C27H38N2O5. The van der Waals surface area contributed by atoms with Crippen LogP contribution >= 0.6 is 0 Å². The van der Waals surface area contributed by atoms with E-state index in [-0.39, 0.29) is 29.0 Å². The molecule has 186 valence electrons. The van der Waals surface area contributed by atoms with Crippen molar-refractivity contribution < 1.29 is 23.9 Å². The van der Waals surface area contributed by atoms with Gasteiger partial charge in [0, 0.05) is 12.1 Å². The van der Waals surface area contributed by atoms with Gasteiger partial charge in [-0.1, -0.05) is 51.1 Å². The third-order valence-corrected chi connectivity index (χ3v) is 8.82. The van der Waals surface area contributed by atoms with Crippen LogP contribution in [-0.4, -0.2) is 52.5 Å². The number of hydrogen-bond acceptors (Lipinski definition) is 6. The van der Waals surface area contributed by atoms with E-state index in [0.717, 1.165) is 31.2 Å². The van der Waals surface area contributed by atoms with Crippen LogP contribution in [0.3, 0.4) is 0 Å². The van der Waals surface area contributed by atoms with Gasteiger partial charge in [0.1, 0.15) is 6.04 Å². The summed E-state index contributed by atoms with van der Waals surface area (Å²) >= 11 is 0. The maximum atomic E-state index is 14.6. The summed E-state index contributed by atoms with van der Waals surface area (Å²) in [5, 5.41) is 1.89. The molecule has 2 saturated carbocycles. The predicted octanol–water partition coefficient (Wildman–Crippen LogP) is 5.07. The summed E-state index contributed by atoms with van der Waals surface area (Å²) in [4.78, 5) is 35.5. The monoisotopic (exact) mass is 470 g/mol. The highest BCUT2D eigenvalue weighted by molar-refractivity contribution is 5.98. The van der Waals surface area contributed by atoms with Crippen LogP contribution in [0.1, 0.15) is 78.8 Å². The largest absolute Gasteiger partial charge is 0.419 e. The minimum absolute atomic E-state index is 0.156. The number of hydrogen-bond donors (Lipinski definition) is 0. The van der Waals surface area contributed by atoms with Gasteiger partial charge in [-0.25, -0.2) is 9.69 Å². The molecule has 2 heterocycles. The Balaban J connectivity index is 1.57. The predicted molar refractivity (Wildman–Crippen MR) is 126 cm³/mol. The van der Waals surface area contributed by atoms with Gasteiger partial charge in [0.25, 0.3) is 0 Å². The second kappa shape index (κ2) is 8.04. The Hall–Kier alpha value is -1.96. The van der Waals surface area contributed by atoms with Crippen LogP contribution in [0, 0.1) is 16.7 Å². The lowest BCUT2D eigenvalue weighted by molar-refractivity contribution is -0.255. The second-order valence-electron chi connectivity index (χ2n) is 11.9. The number of benzene rings is 1. The SMILES string of the molecule is CCCO[C@@H]1C[C@H]2CC[C@]1(C(=O)N1C(=O)O[C@@H]3ON(C(C)(C)C)[C@H](c4ccccc4)[C@@H]31)C2(C)C. The molecule has 0 aromatic heterocycles. The molecule has 0 spiro atoms. The van der Waals surface area contributed by atoms with E-state index in [1.54, 1.807) is 0 Å². The van der Waals surface area contributed by atoms with Crippen LogP contribution in [0.15, 0.2) is 30.3 Å². The van der Waals surface area contributed by atoms with E-state index in [9.17, 15) is 9.59 Å². The Labute approximate surface area is 202 Å². The second-order valence-corrected chi connectivity index (χ2v) is 11.9. The molecule has 2 bridgehead atoms. The van der Waals surface area contributed by atoms with E-state index in [4.69, 9.17) is 14.3 Å². The summed E-state index contributed by atoms with van der Waals surface area (Å²) in [7, 11) is 0. The number of carbonyl (C=O) groups excluding carboxylic acids is 2. The molecule has 6 atom stereocenters. The summed E-state index contributed by atoms with van der Waals surface area (Å²) in [6, 6.07) is 9.08. The third kappa shape index (κ3) is 3.20. The molecule has 1 aromatic rings. The van der Waals surface area contributed by atoms with E-state index in [0.29, 0.717) is 12.5 Å². The van der Waals surface area contributed by atoms with Gasteiger partial charge in [-0.15, -0.1) is 0 Å². The van der Waals surface area contributed by atoms with Crippen LogP contribution < -0.4 is 0 Å². The summed E-state index contributed by atoms with van der Waals surface area (Å²) in [5.74, 6) is 0.250. The van der Waals surface area contributed by atoms with Gasteiger partial charge in [-0.05, 0) is 63.4 Å². The standard InChI is InChI=1S/C27H38N2O5/c1-7-15-32-19-16-18-13-14-27(19,26(18,5)6)23(30)28-21-20(17-11-9-8-10-12-17)29(25(2,3)4)34-22(21)33-24(28)31/h8-12,18-22H,7,13-16H2,1-6H3/t18-,19-,20-,21+,22-,27+/m1/s1. The first-order valence-electron chi connectivity index (χ1n) is 12.7. The number of amides is 2. The molecule has 0 unspecified atom stereocenters. The zero-order valence-corrected chi connectivity index (χ0v) is 21.2. The maximum absolute atomic E-state index is 14.6. The number of imide groups is 1. The Kier molecular flexibility index (Phi) is 5.62. The molecule has 1 aromatic carbocycles. The van der Waals surface area contributed by atoms with Crippen molar-refractivity contribution in [3.63, 3.8) is 0 Å². The van der Waals surface area contributed by atoms with E-state index in [2.05, 4.69) is 41.5 Å². The smallest absolute Gasteiger partial charge is 0.415 e. The molecule has 0 N–H and O–H groups in total. The minimum Gasteiger partial charge on any atom is -0.415 e. The average Bonchev–Trinajstić information content (AvgIpc) is 3.45. The molecule has 7 nitrogen and oxygen atoms in total. The fraction of sp³-hybridized carbons (Fsp3) is 0.704. The van der Waals surface area contributed by atoms with Gasteiger partial charge in [0.15, 0.2) is 0 Å². The van der Waals surface area contributed by atoms with Gasteiger partial charge in [0.05, 0.1) is 17.6 Å². The Morgan fingerprint density at radius 3 is 2.53 bits per heavy atom. The normalized spacial score (nSPS) is 36.7. The molecule has 0 radical (unpaired) electrons. The van der Waals surface area contributed by atoms with Crippen LogP contribution in [-0.2, 0) is 19.1 Å². The van der Waals surface area contributed by atoms with Crippen molar-refractivity contribution in [2.24, 2.45) is 16.7 Å². The molecule has 2 saturated heterocycles. The summed E-state index contributed by atoms with van der Waals surface area (Å²) in [6.45, 7) is 13.2. The fourth-order valence-electron chi connectivity index (χ4n) is 7.04. The van der Waals surface area contributed by atoms with Crippen molar-refractivity contribution >= 4 is 12.0 Å². The average molecular weight is 471 g/mol. The number of fused-ring (bicyclic) bond motifs is 3. The van der Waals surface area contributed by atoms with Crippen molar-refractivity contribution in [3.8, 4) is 0 Å². The number of ether oxygens (including phenoxy) is 2. The highest BCUT2D eigenvalue weighted by Gasteiger charge is 2.72. The number of carbonyl (C=O) groups is 2. The van der Waals surface area contributed by atoms with E-state index < -0.39 is 23.8 Å². The highest BCUT2D eigenvalue weighted by Crippen LogP contribution is 2.67. The fourth-order valence-corrected chi connectivity index (χ4v) is 7.04. The van der Waals surface area contributed by atoms with Crippen molar-refractivity contribution in [1.82, 2.24) is 9.96 Å². The molecule has 4 aliphatic rings. The van der Waals surface area contributed by atoms with Crippen molar-refractivity contribution in [3.05, 3.63) is 35.9 Å². The molecule has 34 heavy (non-hydrogen) atoms. The number of nitrogens with zero attached hydrogens (tertiary/aromatic N) is 2. The summed E-state index contributed by atoms with van der Waals surface area (Å²) < 4.78 is 12.0. The topological polar surface area (TPSA) is 68.3 Å². The van der Waals surface area contributed by atoms with Gasteiger partial charge < -0.3 is 9.47 Å². The maximum Gasteiger partial charge on any atom is 0.419 e. The van der Waals surface area contributed by atoms with Crippen LogP contribution in [0.4, 0.5) is 4.79 Å². The van der Waals surface area contributed by atoms with E-state index >= 15 is 0 Å². The molecule has 7 heteroatoms. The van der Waals surface area contributed by atoms with Crippen molar-refractivity contribution in [1.29, 1.82) is 0 Å². The molecular weight excluding hydrogens is 432 g/mol. The Morgan fingerprint density at radius 1 is 1.21 bits per heavy atom. The molecule has 2 aliphatic carbocycles. The number of rotatable bonds is 5. The third-order valence-electron chi connectivity index (χ3n) is 8.82. The highest BCUT2D eigenvalue weighted by atomic mass is 16.8. The Bertz CT molecular complexity index is 958. The molecule has 5 rings (SSSR count). The zero-order valence-electron chi connectivity index (χ0n) is 21.2. The number of hydroxylamine groups is 2. The first-order chi connectivity index (χ1) is 16.0. The van der Waals surface area contributed by atoms with E-state index in [1.165, 1.54) is 4.90 Å². The molecule has 2 aliphatic heterocycles. The summed E-state index contributed by atoms with van der Waals surface area (Å²) in [6.07, 6.45) is 1.86. The van der Waals surface area contributed by atoms with Gasteiger partial charge in [-0.3, -0.25) is 9.63 Å². The molecule has 2 amide bonds. The zero-order chi connectivity index (χ0) is 24.5. The minimum atomic E-state index is -0.825. The lowest BCUT2D eigenvalue weighted by Gasteiger charge is -2.44. The first kappa shape index (κ1) is 23.8. The summed E-state index contributed by atoms with van der Waals surface area (Å²) in [5.41, 5.74) is -0.363. The van der Waals surface area contributed by atoms with Crippen LogP contribution in [0.2, 0.25) is 0 Å².